The van der Waals surface area contributed by atoms with Crippen molar-refractivity contribution in [3.63, 3.8) is 0 Å². The molecule has 148 valence electrons. The van der Waals surface area contributed by atoms with Crippen LogP contribution in [-0.4, -0.2) is 44.7 Å². The fourth-order valence-electron chi connectivity index (χ4n) is 2.54. The van der Waals surface area contributed by atoms with Gasteiger partial charge in [0.05, 0.1) is 20.3 Å². The molecular weight excluding hydrogens is 358 g/mol. The van der Waals surface area contributed by atoms with Crippen molar-refractivity contribution in [2.75, 3.05) is 27.9 Å². The van der Waals surface area contributed by atoms with Crippen molar-refractivity contribution < 1.29 is 23.8 Å². The largest absolute Gasteiger partial charge is 0.497 e. The minimum Gasteiger partial charge on any atom is -0.497 e. The summed E-state index contributed by atoms with van der Waals surface area (Å²) in [4.78, 5) is 25.8. The number of hydrogen-bond acceptors (Lipinski definition) is 5. The highest BCUT2D eigenvalue weighted by molar-refractivity contribution is 5.89. The number of nitrogens with zero attached hydrogens (tertiary/aromatic N) is 1. The lowest BCUT2D eigenvalue weighted by molar-refractivity contribution is -0.148. The molecule has 0 aromatic heterocycles. The summed E-state index contributed by atoms with van der Waals surface area (Å²) in [5.74, 6) is 0.343. The van der Waals surface area contributed by atoms with Crippen LogP contribution in [0.5, 0.6) is 11.5 Å². The van der Waals surface area contributed by atoms with Crippen LogP contribution in [0, 0.1) is 0 Å². The summed E-state index contributed by atoms with van der Waals surface area (Å²) in [6.07, 6.45) is 2.84. The summed E-state index contributed by atoms with van der Waals surface area (Å²) < 4.78 is 15.4. The van der Waals surface area contributed by atoms with E-state index in [9.17, 15) is 9.59 Å². The Morgan fingerprint density at radius 2 is 1.64 bits per heavy atom. The molecule has 0 unspecified atom stereocenters. The molecule has 0 saturated carbocycles. The fourth-order valence-corrected chi connectivity index (χ4v) is 2.54. The highest BCUT2D eigenvalue weighted by Gasteiger charge is 2.18. The van der Waals surface area contributed by atoms with Crippen LogP contribution in [-0.2, 0) is 14.3 Å². The number of amides is 1. The van der Waals surface area contributed by atoms with Crippen LogP contribution in [0.3, 0.4) is 0 Å². The standard InChI is InChI=1S/C22H25NO5/c1-16(18-8-6-5-7-9-18)23(2)21(24)15-28-22(25)11-10-17-12-19(26-3)14-20(13-17)27-4/h5-14,16H,15H2,1-4H3/b11-10+/t16-/m1/s1. The molecule has 2 aromatic carbocycles. The molecule has 0 aliphatic heterocycles. The predicted molar refractivity (Wildman–Crippen MR) is 107 cm³/mol. The van der Waals surface area contributed by atoms with Gasteiger partial charge in [0.1, 0.15) is 11.5 Å². The maximum Gasteiger partial charge on any atom is 0.331 e. The van der Waals surface area contributed by atoms with Gasteiger partial charge in [0.25, 0.3) is 5.91 Å². The molecule has 0 N–H and O–H groups in total. The molecule has 0 saturated heterocycles. The molecule has 1 amide bonds. The average molecular weight is 383 g/mol. The third-order valence-corrected chi connectivity index (χ3v) is 4.38. The van der Waals surface area contributed by atoms with E-state index in [0.29, 0.717) is 17.1 Å². The molecular formula is C22H25NO5. The van der Waals surface area contributed by atoms with Crippen LogP contribution in [0.1, 0.15) is 24.1 Å². The summed E-state index contributed by atoms with van der Waals surface area (Å²) in [6, 6.07) is 14.8. The molecule has 0 radical (unpaired) electrons. The minimum absolute atomic E-state index is 0.118. The minimum atomic E-state index is -0.601. The summed E-state index contributed by atoms with van der Waals surface area (Å²) in [7, 11) is 4.79. The molecule has 0 aliphatic rings. The Bertz CT molecular complexity index is 810. The Morgan fingerprint density at radius 3 is 2.21 bits per heavy atom. The molecule has 2 rings (SSSR count). The van der Waals surface area contributed by atoms with E-state index < -0.39 is 5.97 Å². The average Bonchev–Trinajstić information content (AvgIpc) is 2.75. The van der Waals surface area contributed by atoms with Crippen LogP contribution in [0.15, 0.2) is 54.6 Å². The number of hydrogen-bond donors (Lipinski definition) is 0. The highest BCUT2D eigenvalue weighted by Crippen LogP contribution is 2.23. The second-order valence-corrected chi connectivity index (χ2v) is 6.18. The summed E-state index contributed by atoms with van der Waals surface area (Å²) in [5.41, 5.74) is 1.73. The maximum atomic E-state index is 12.3. The van der Waals surface area contributed by atoms with E-state index >= 15 is 0 Å². The predicted octanol–water partition coefficient (Wildman–Crippen LogP) is 3.48. The molecule has 0 fully saturated rings. The summed E-state index contributed by atoms with van der Waals surface area (Å²) >= 11 is 0. The molecule has 0 bridgehead atoms. The van der Waals surface area contributed by atoms with Crippen LogP contribution < -0.4 is 9.47 Å². The van der Waals surface area contributed by atoms with Gasteiger partial charge in [-0.1, -0.05) is 30.3 Å². The van der Waals surface area contributed by atoms with Gasteiger partial charge in [0.2, 0.25) is 0 Å². The van der Waals surface area contributed by atoms with E-state index in [-0.39, 0.29) is 18.6 Å². The van der Waals surface area contributed by atoms with Crippen molar-refractivity contribution in [2.24, 2.45) is 0 Å². The second kappa shape index (κ2) is 10.2. The zero-order chi connectivity index (χ0) is 20.5. The summed E-state index contributed by atoms with van der Waals surface area (Å²) in [5, 5.41) is 0. The zero-order valence-corrected chi connectivity index (χ0v) is 16.5. The lowest BCUT2D eigenvalue weighted by Gasteiger charge is -2.25. The topological polar surface area (TPSA) is 65.1 Å². The van der Waals surface area contributed by atoms with Crippen molar-refractivity contribution >= 4 is 18.0 Å². The van der Waals surface area contributed by atoms with E-state index in [1.807, 2.05) is 37.3 Å². The summed E-state index contributed by atoms with van der Waals surface area (Å²) in [6.45, 7) is 1.60. The molecule has 0 spiro atoms. The number of ether oxygens (including phenoxy) is 3. The second-order valence-electron chi connectivity index (χ2n) is 6.18. The van der Waals surface area contributed by atoms with Crippen molar-refractivity contribution in [3.8, 4) is 11.5 Å². The number of esters is 1. The van der Waals surface area contributed by atoms with Gasteiger partial charge in [-0.15, -0.1) is 0 Å². The molecule has 2 aromatic rings. The highest BCUT2D eigenvalue weighted by atomic mass is 16.5. The number of carbonyl (C=O) groups excluding carboxylic acids is 2. The van der Waals surface area contributed by atoms with Crippen molar-refractivity contribution in [2.45, 2.75) is 13.0 Å². The first-order valence-electron chi connectivity index (χ1n) is 8.83. The Kier molecular flexibility index (Phi) is 7.63. The van der Waals surface area contributed by atoms with Crippen LogP contribution >= 0.6 is 0 Å². The van der Waals surface area contributed by atoms with Crippen molar-refractivity contribution in [1.82, 2.24) is 4.90 Å². The molecule has 6 heteroatoms. The Labute approximate surface area is 165 Å². The fraction of sp³-hybridized carbons (Fsp3) is 0.273. The lowest BCUT2D eigenvalue weighted by atomic mass is 10.1. The van der Waals surface area contributed by atoms with Gasteiger partial charge in [-0.25, -0.2) is 4.79 Å². The Balaban J connectivity index is 1.91. The lowest BCUT2D eigenvalue weighted by Crippen LogP contribution is -2.33. The van der Waals surface area contributed by atoms with E-state index in [4.69, 9.17) is 14.2 Å². The third-order valence-electron chi connectivity index (χ3n) is 4.38. The van der Waals surface area contributed by atoms with Crippen LogP contribution in [0.4, 0.5) is 0 Å². The number of benzene rings is 2. The number of rotatable bonds is 8. The van der Waals surface area contributed by atoms with Gasteiger partial charge in [-0.05, 0) is 36.3 Å². The van der Waals surface area contributed by atoms with Gasteiger partial charge in [-0.2, -0.15) is 0 Å². The molecule has 1 atom stereocenters. The SMILES string of the molecule is COc1cc(/C=C/C(=O)OCC(=O)N(C)[C@H](C)c2ccccc2)cc(OC)c1. The first-order chi connectivity index (χ1) is 13.4. The quantitative estimate of drug-likeness (QED) is 0.516. The van der Waals surface area contributed by atoms with E-state index in [1.54, 1.807) is 50.4 Å². The molecule has 6 nitrogen and oxygen atoms in total. The van der Waals surface area contributed by atoms with Gasteiger partial charge in [-0.3, -0.25) is 4.79 Å². The van der Waals surface area contributed by atoms with Crippen molar-refractivity contribution in [3.05, 3.63) is 65.7 Å². The molecule has 0 aliphatic carbocycles. The van der Waals surface area contributed by atoms with E-state index in [2.05, 4.69) is 0 Å². The van der Waals surface area contributed by atoms with E-state index in [0.717, 1.165) is 5.56 Å². The number of likely N-dealkylation sites (N-methyl/N-ethyl adjacent to an activating group) is 1. The van der Waals surface area contributed by atoms with Crippen LogP contribution in [0.25, 0.3) is 6.08 Å². The van der Waals surface area contributed by atoms with Gasteiger partial charge >= 0.3 is 5.97 Å². The molecule has 0 heterocycles. The van der Waals surface area contributed by atoms with E-state index in [1.165, 1.54) is 6.08 Å². The third kappa shape index (κ3) is 5.87. The number of methoxy groups -OCH3 is 2. The Morgan fingerprint density at radius 1 is 1.04 bits per heavy atom. The van der Waals surface area contributed by atoms with Gasteiger partial charge < -0.3 is 19.1 Å². The van der Waals surface area contributed by atoms with Crippen molar-refractivity contribution in [1.29, 1.82) is 0 Å². The van der Waals surface area contributed by atoms with Gasteiger partial charge in [0.15, 0.2) is 6.61 Å². The first-order valence-corrected chi connectivity index (χ1v) is 8.83. The zero-order valence-electron chi connectivity index (χ0n) is 16.5. The van der Waals surface area contributed by atoms with Crippen LogP contribution in [0.2, 0.25) is 0 Å². The monoisotopic (exact) mass is 383 g/mol. The molecule has 28 heavy (non-hydrogen) atoms. The smallest absolute Gasteiger partial charge is 0.331 e. The first kappa shape index (κ1) is 21.0. The maximum absolute atomic E-state index is 12.3. The Hall–Kier alpha value is -3.28. The van der Waals surface area contributed by atoms with Gasteiger partial charge in [0, 0.05) is 19.2 Å². The normalized spacial score (nSPS) is 11.7. The number of carbonyl (C=O) groups is 2.